The number of rotatable bonds is 9. The zero-order chi connectivity index (χ0) is 28.0. The second-order valence-electron chi connectivity index (χ2n) is 8.43. The van der Waals surface area contributed by atoms with Gasteiger partial charge in [0.25, 0.3) is 5.91 Å². The molecule has 12 nitrogen and oxygen atoms in total. The fourth-order valence-corrected chi connectivity index (χ4v) is 3.55. The minimum Gasteiger partial charge on any atom is -0.494 e. The summed E-state index contributed by atoms with van der Waals surface area (Å²) >= 11 is 0. The lowest BCUT2D eigenvalue weighted by Gasteiger charge is -2.23. The molecule has 0 bridgehead atoms. The number of hydrogen-bond donors (Lipinski definition) is 4. The molecule has 15 heteroatoms. The summed E-state index contributed by atoms with van der Waals surface area (Å²) in [6, 6.07) is 15.5. The standard InChI is InChI=1S/C24H22B3N9O3/c1-36-13-29-21(35-36)15-9-6-10-16(20(15)39-2)30-17-11-18(33-34-19(17)22(37)32-24(25,26)27)31-23(38)28-12-14-7-4-3-5-8-14/h3-11,13H,12H2,1-2H3,(H,32,37)(H3,28,30,31,33,38). The van der Waals surface area contributed by atoms with E-state index in [0.717, 1.165) is 5.56 Å². The van der Waals surface area contributed by atoms with Crippen LogP contribution < -0.4 is 26.0 Å². The summed E-state index contributed by atoms with van der Waals surface area (Å²) in [5.41, 5.74) is 1.91. The van der Waals surface area contributed by atoms with Gasteiger partial charge in [-0.05, 0) is 17.7 Å². The number of carbonyl (C=O) groups is 2. The molecule has 4 aromatic rings. The monoisotopic (exact) mass is 517 g/mol. The number of aromatic nitrogens is 5. The number of nitrogens with one attached hydrogen (secondary N) is 4. The van der Waals surface area contributed by atoms with Crippen LogP contribution in [0.1, 0.15) is 16.1 Å². The highest BCUT2D eigenvalue weighted by molar-refractivity contribution is 6.60. The van der Waals surface area contributed by atoms with Crippen LogP contribution >= 0.6 is 0 Å². The maximum atomic E-state index is 12.9. The molecule has 2 aromatic carbocycles. The summed E-state index contributed by atoms with van der Waals surface area (Å²) < 4.78 is 7.19. The molecule has 0 spiro atoms. The lowest BCUT2D eigenvalue weighted by molar-refractivity contribution is 0.0947. The minimum absolute atomic E-state index is 0.0561. The number of nitrogens with zero attached hydrogens (tertiary/aromatic N) is 5. The molecule has 4 rings (SSSR count). The first-order valence-electron chi connectivity index (χ1n) is 11.6. The molecule has 0 aliphatic carbocycles. The molecule has 0 saturated heterocycles. The van der Waals surface area contributed by atoms with Crippen LogP contribution in [0.5, 0.6) is 5.75 Å². The normalized spacial score (nSPS) is 10.9. The number of hydrogen-bond acceptors (Lipinski definition) is 8. The maximum Gasteiger partial charge on any atom is 0.320 e. The number of anilines is 3. The highest BCUT2D eigenvalue weighted by Crippen LogP contribution is 2.37. The minimum atomic E-state index is -2.01. The predicted molar refractivity (Wildman–Crippen MR) is 148 cm³/mol. The molecule has 0 aliphatic heterocycles. The zero-order valence-electron chi connectivity index (χ0n) is 21.2. The summed E-state index contributed by atoms with van der Waals surface area (Å²) in [5, 5.41) is 20.9. The van der Waals surface area contributed by atoms with Crippen LogP contribution in [0.25, 0.3) is 11.4 Å². The summed E-state index contributed by atoms with van der Waals surface area (Å²) in [7, 11) is 19.9. The smallest absolute Gasteiger partial charge is 0.320 e. The number of para-hydroxylation sites is 1. The van der Waals surface area contributed by atoms with Gasteiger partial charge in [0.05, 0.1) is 47.6 Å². The first-order chi connectivity index (χ1) is 18.6. The third-order valence-corrected chi connectivity index (χ3v) is 5.21. The van der Waals surface area contributed by atoms with Gasteiger partial charge in [-0.15, -0.1) is 10.2 Å². The number of ether oxygens (including phenoxy) is 1. The summed E-state index contributed by atoms with van der Waals surface area (Å²) in [4.78, 5) is 29.6. The topological polar surface area (TPSA) is 148 Å². The van der Waals surface area contributed by atoms with Crippen molar-refractivity contribution < 1.29 is 14.3 Å². The lowest BCUT2D eigenvalue weighted by atomic mass is 9.49. The van der Waals surface area contributed by atoms with Crippen molar-refractivity contribution >= 4 is 52.7 Å². The summed E-state index contributed by atoms with van der Waals surface area (Å²) in [6.07, 6.45) is 1.56. The quantitative estimate of drug-likeness (QED) is 0.242. The van der Waals surface area contributed by atoms with Gasteiger partial charge in [0.2, 0.25) is 0 Å². The van der Waals surface area contributed by atoms with E-state index >= 15 is 0 Å². The molecule has 4 N–H and O–H groups in total. The van der Waals surface area contributed by atoms with Gasteiger partial charge in [-0.2, -0.15) is 5.10 Å². The average Bonchev–Trinajstić information content (AvgIpc) is 3.33. The van der Waals surface area contributed by atoms with Crippen molar-refractivity contribution in [1.82, 2.24) is 35.6 Å². The van der Waals surface area contributed by atoms with Crippen molar-refractivity contribution in [2.45, 2.75) is 11.8 Å². The SMILES string of the molecule is [B]C([B])([B])NC(=O)c1nnc(NC(=O)NCc2ccccc2)cc1Nc1cccc(-c2ncn(C)n2)c1OC. The fraction of sp³-hybridized carbons (Fsp3) is 0.167. The molecule has 2 aromatic heterocycles. The molecular weight excluding hydrogens is 495 g/mol. The number of amides is 3. The maximum absolute atomic E-state index is 12.9. The van der Waals surface area contributed by atoms with E-state index in [1.165, 1.54) is 13.2 Å². The van der Waals surface area contributed by atoms with Gasteiger partial charge in [0.15, 0.2) is 23.1 Å². The van der Waals surface area contributed by atoms with E-state index in [2.05, 4.69) is 41.5 Å². The van der Waals surface area contributed by atoms with Crippen molar-refractivity contribution in [3.05, 3.63) is 72.2 Å². The van der Waals surface area contributed by atoms with E-state index in [0.29, 0.717) is 29.4 Å². The van der Waals surface area contributed by atoms with Gasteiger partial charge in [0.1, 0.15) is 6.33 Å². The predicted octanol–water partition coefficient (Wildman–Crippen LogP) is 1.19. The van der Waals surface area contributed by atoms with Gasteiger partial charge in [-0.3, -0.25) is 14.8 Å². The van der Waals surface area contributed by atoms with Crippen LogP contribution in [0.15, 0.2) is 60.9 Å². The second-order valence-corrected chi connectivity index (χ2v) is 8.43. The van der Waals surface area contributed by atoms with E-state index < -0.39 is 17.2 Å². The first kappa shape index (κ1) is 27.2. The Bertz CT molecular complexity index is 1480. The summed E-state index contributed by atoms with van der Waals surface area (Å²) in [6.45, 7) is 0.294. The van der Waals surface area contributed by atoms with Crippen LogP contribution in [0.3, 0.4) is 0 Å². The molecule has 39 heavy (non-hydrogen) atoms. The highest BCUT2D eigenvalue weighted by atomic mass is 16.5. The van der Waals surface area contributed by atoms with Crippen LogP contribution in [0.4, 0.5) is 22.0 Å². The van der Waals surface area contributed by atoms with Crippen molar-refractivity contribution in [2.75, 3.05) is 17.7 Å². The molecular formula is C24H22B3N9O3. The molecule has 0 aliphatic rings. The Labute approximate surface area is 228 Å². The first-order valence-corrected chi connectivity index (χ1v) is 11.6. The van der Waals surface area contributed by atoms with Crippen LogP contribution in [0, 0.1) is 0 Å². The van der Waals surface area contributed by atoms with Crippen LogP contribution in [-0.2, 0) is 13.6 Å². The van der Waals surface area contributed by atoms with Crippen molar-refractivity contribution in [1.29, 1.82) is 0 Å². The largest absolute Gasteiger partial charge is 0.494 e. The Morgan fingerprint density at radius 2 is 1.79 bits per heavy atom. The number of methoxy groups -OCH3 is 1. The Hall–Kier alpha value is -4.81. The van der Waals surface area contributed by atoms with E-state index in [1.807, 2.05) is 30.3 Å². The molecule has 0 unspecified atom stereocenters. The Kier molecular flexibility index (Phi) is 8.18. The Morgan fingerprint density at radius 1 is 1.03 bits per heavy atom. The van der Waals surface area contributed by atoms with Crippen molar-refractivity contribution in [3.63, 3.8) is 0 Å². The third-order valence-electron chi connectivity index (χ3n) is 5.21. The van der Waals surface area contributed by atoms with E-state index in [-0.39, 0.29) is 17.2 Å². The van der Waals surface area contributed by atoms with Gasteiger partial charge in [-0.25, -0.2) is 9.78 Å². The van der Waals surface area contributed by atoms with Gasteiger partial charge < -0.3 is 20.7 Å². The van der Waals surface area contributed by atoms with E-state index in [1.54, 1.807) is 36.3 Å². The van der Waals surface area contributed by atoms with Gasteiger partial charge in [-0.1, -0.05) is 41.6 Å². The zero-order valence-corrected chi connectivity index (χ0v) is 21.2. The van der Waals surface area contributed by atoms with Crippen LogP contribution in [0.2, 0.25) is 0 Å². The molecule has 0 saturated carbocycles. The number of benzene rings is 2. The second kappa shape index (κ2) is 11.7. The highest BCUT2D eigenvalue weighted by Gasteiger charge is 2.22. The molecule has 2 heterocycles. The van der Waals surface area contributed by atoms with Gasteiger partial charge in [0, 0.05) is 19.7 Å². The Balaban J connectivity index is 1.64. The molecule has 190 valence electrons. The lowest BCUT2D eigenvalue weighted by Crippen LogP contribution is -2.50. The number of aryl methyl sites for hydroxylation is 1. The number of urea groups is 1. The van der Waals surface area contributed by atoms with E-state index in [9.17, 15) is 9.59 Å². The van der Waals surface area contributed by atoms with Crippen molar-refractivity contribution in [2.24, 2.45) is 7.05 Å². The van der Waals surface area contributed by atoms with Crippen LogP contribution in [-0.4, -0.2) is 72.8 Å². The van der Waals surface area contributed by atoms with Gasteiger partial charge >= 0.3 is 6.03 Å². The average molecular weight is 517 g/mol. The Morgan fingerprint density at radius 3 is 2.46 bits per heavy atom. The van der Waals surface area contributed by atoms with E-state index in [4.69, 9.17) is 28.3 Å². The molecule has 3 amide bonds. The molecule has 0 fully saturated rings. The van der Waals surface area contributed by atoms with Crippen molar-refractivity contribution in [3.8, 4) is 17.1 Å². The summed E-state index contributed by atoms with van der Waals surface area (Å²) in [5.74, 6) is 0.0768. The fourth-order valence-electron chi connectivity index (χ4n) is 3.55. The molecule has 6 radical (unpaired) electrons. The number of carbonyl (C=O) groups excluding carboxylic acids is 2. The third kappa shape index (κ3) is 7.15. The molecule has 0 atom stereocenters.